The lowest BCUT2D eigenvalue weighted by atomic mass is 10.1. The normalized spacial score (nSPS) is 14.6. The molecule has 2 aromatic rings. The summed E-state index contributed by atoms with van der Waals surface area (Å²) in [5, 5.41) is 13.2. The molecule has 1 saturated heterocycles. The number of halogens is 1. The van der Waals surface area contributed by atoms with Crippen LogP contribution in [-0.4, -0.2) is 39.5 Å². The molecule has 1 fully saturated rings. The minimum Gasteiger partial charge on any atom is -0.480 e. The van der Waals surface area contributed by atoms with E-state index in [0.29, 0.717) is 25.9 Å². The Kier molecular flexibility index (Phi) is 6.45. The first kappa shape index (κ1) is 22.1. The molecular formula is C22H24FN5O3. The second-order valence-electron chi connectivity index (χ2n) is 8.32. The third-order valence-electron chi connectivity index (χ3n) is 4.84. The highest BCUT2D eigenvalue weighted by atomic mass is 19.1. The van der Waals surface area contributed by atoms with Gasteiger partial charge < -0.3 is 14.4 Å². The van der Waals surface area contributed by atoms with Crippen molar-refractivity contribution in [2.24, 2.45) is 0 Å². The number of ether oxygens (including phenoxy) is 2. The molecule has 0 spiro atoms. The number of hydrogen-bond donors (Lipinski definition) is 0. The standard InChI is InChI=1S/C22H24FN5O3/c1-22(2,3)31-21(29)27-9-7-17(8-10-27)28-13-19(25-4)20(26-28)30-14-16-6-5-15(12-24)11-18(16)23/h5-6,11,13,17H,7-10,14H2,1-3H3. The second-order valence-corrected chi connectivity index (χ2v) is 8.32. The first-order valence-corrected chi connectivity index (χ1v) is 9.96. The van der Waals surface area contributed by atoms with Crippen molar-refractivity contribution in [2.75, 3.05) is 13.1 Å². The molecule has 0 atom stereocenters. The summed E-state index contributed by atoms with van der Waals surface area (Å²) in [4.78, 5) is 17.3. The third kappa shape index (κ3) is 5.52. The number of aromatic nitrogens is 2. The van der Waals surface area contributed by atoms with Crippen LogP contribution in [0.25, 0.3) is 4.85 Å². The van der Waals surface area contributed by atoms with Gasteiger partial charge >= 0.3 is 6.09 Å². The highest BCUT2D eigenvalue weighted by molar-refractivity contribution is 5.68. The van der Waals surface area contributed by atoms with Gasteiger partial charge in [-0.2, -0.15) is 5.26 Å². The number of likely N-dealkylation sites (tertiary alicyclic amines) is 1. The number of carbonyl (C=O) groups excluding carboxylic acids is 1. The van der Waals surface area contributed by atoms with Crippen molar-refractivity contribution in [1.82, 2.24) is 14.7 Å². The average Bonchev–Trinajstić information content (AvgIpc) is 3.15. The van der Waals surface area contributed by atoms with E-state index in [2.05, 4.69) is 9.94 Å². The maximum atomic E-state index is 14.1. The van der Waals surface area contributed by atoms with E-state index in [1.54, 1.807) is 15.8 Å². The number of benzene rings is 1. The third-order valence-corrected chi connectivity index (χ3v) is 4.84. The topological polar surface area (TPSA) is 84.7 Å². The highest BCUT2D eigenvalue weighted by Crippen LogP contribution is 2.31. The number of hydrogen-bond acceptors (Lipinski definition) is 5. The largest absolute Gasteiger partial charge is 0.480 e. The molecule has 0 unspecified atom stereocenters. The van der Waals surface area contributed by atoms with E-state index in [4.69, 9.17) is 21.3 Å². The van der Waals surface area contributed by atoms with Crippen molar-refractivity contribution in [3.8, 4) is 11.9 Å². The summed E-state index contributed by atoms with van der Waals surface area (Å²) >= 11 is 0. The Morgan fingerprint density at radius 1 is 1.39 bits per heavy atom. The average molecular weight is 425 g/mol. The van der Waals surface area contributed by atoms with E-state index in [9.17, 15) is 9.18 Å². The molecule has 3 rings (SSSR count). The summed E-state index contributed by atoms with van der Waals surface area (Å²) in [6.45, 7) is 13.8. The van der Waals surface area contributed by atoms with Gasteiger partial charge in [0.1, 0.15) is 18.0 Å². The molecule has 9 heteroatoms. The van der Waals surface area contributed by atoms with Gasteiger partial charge in [-0.15, -0.1) is 5.10 Å². The van der Waals surface area contributed by atoms with Crippen LogP contribution >= 0.6 is 0 Å². The van der Waals surface area contributed by atoms with Crippen molar-refractivity contribution in [3.05, 3.63) is 52.8 Å². The molecular weight excluding hydrogens is 401 g/mol. The molecule has 1 aliphatic heterocycles. The summed E-state index contributed by atoms with van der Waals surface area (Å²) in [6, 6.07) is 6.03. The zero-order valence-corrected chi connectivity index (χ0v) is 17.8. The number of amides is 1. The molecule has 2 heterocycles. The fourth-order valence-electron chi connectivity index (χ4n) is 3.25. The zero-order chi connectivity index (χ0) is 22.6. The Labute approximate surface area is 180 Å². The van der Waals surface area contributed by atoms with Crippen LogP contribution in [0.2, 0.25) is 0 Å². The lowest BCUT2D eigenvalue weighted by molar-refractivity contribution is 0.0184. The van der Waals surface area contributed by atoms with Gasteiger partial charge in [0.15, 0.2) is 0 Å². The highest BCUT2D eigenvalue weighted by Gasteiger charge is 2.28. The Morgan fingerprint density at radius 3 is 2.68 bits per heavy atom. The number of carbonyl (C=O) groups is 1. The maximum absolute atomic E-state index is 14.1. The lowest BCUT2D eigenvalue weighted by Crippen LogP contribution is -2.42. The molecule has 1 aromatic heterocycles. The summed E-state index contributed by atoms with van der Waals surface area (Å²) in [6.07, 6.45) is 2.62. The van der Waals surface area contributed by atoms with Gasteiger partial charge in [0.2, 0.25) is 5.88 Å². The van der Waals surface area contributed by atoms with Crippen LogP contribution in [-0.2, 0) is 11.3 Å². The minimum absolute atomic E-state index is 0.0168. The summed E-state index contributed by atoms with van der Waals surface area (Å²) in [7, 11) is 0. The van der Waals surface area contributed by atoms with E-state index in [1.807, 2.05) is 26.8 Å². The van der Waals surface area contributed by atoms with Gasteiger partial charge in [-0.1, -0.05) is 6.07 Å². The van der Waals surface area contributed by atoms with Crippen LogP contribution < -0.4 is 4.74 Å². The predicted molar refractivity (Wildman–Crippen MR) is 110 cm³/mol. The molecule has 0 radical (unpaired) electrons. The molecule has 162 valence electrons. The van der Waals surface area contributed by atoms with Gasteiger partial charge in [0.25, 0.3) is 5.69 Å². The Hall–Kier alpha value is -3.59. The number of nitrogens with zero attached hydrogens (tertiary/aromatic N) is 5. The van der Waals surface area contributed by atoms with Gasteiger partial charge in [-0.05, 0) is 45.7 Å². The Bertz CT molecular complexity index is 1040. The number of piperidine rings is 1. The molecule has 0 bridgehead atoms. The first-order chi connectivity index (χ1) is 14.7. The molecule has 1 aromatic carbocycles. The van der Waals surface area contributed by atoms with Crippen LogP contribution in [0.5, 0.6) is 5.88 Å². The molecule has 0 N–H and O–H groups in total. The summed E-state index contributed by atoms with van der Waals surface area (Å²) < 4.78 is 26.8. The van der Waals surface area contributed by atoms with Crippen LogP contribution in [0.3, 0.4) is 0 Å². The molecule has 0 aliphatic carbocycles. The van der Waals surface area contributed by atoms with Gasteiger partial charge in [0, 0.05) is 24.8 Å². The first-order valence-electron chi connectivity index (χ1n) is 9.96. The van der Waals surface area contributed by atoms with Crippen LogP contribution in [0.1, 0.15) is 50.8 Å². The van der Waals surface area contributed by atoms with E-state index in [0.717, 1.165) is 6.07 Å². The summed E-state index contributed by atoms with van der Waals surface area (Å²) in [5.41, 5.74) is 0.199. The van der Waals surface area contributed by atoms with E-state index in [1.165, 1.54) is 12.1 Å². The predicted octanol–water partition coefficient (Wildman–Crippen LogP) is 4.60. The smallest absolute Gasteiger partial charge is 0.410 e. The van der Waals surface area contributed by atoms with Crippen molar-refractivity contribution >= 4 is 11.8 Å². The van der Waals surface area contributed by atoms with Crippen LogP contribution in [0.15, 0.2) is 24.4 Å². The van der Waals surface area contributed by atoms with Crippen molar-refractivity contribution in [3.63, 3.8) is 0 Å². The van der Waals surface area contributed by atoms with E-state index >= 15 is 0 Å². The lowest BCUT2D eigenvalue weighted by Gasteiger charge is -2.33. The van der Waals surface area contributed by atoms with Gasteiger partial charge in [0.05, 0.1) is 24.2 Å². The van der Waals surface area contributed by atoms with Gasteiger partial charge in [-0.3, -0.25) is 4.68 Å². The fourth-order valence-corrected chi connectivity index (χ4v) is 3.25. The molecule has 1 aliphatic rings. The number of rotatable bonds is 4. The number of nitriles is 1. The Balaban J connectivity index is 1.63. The van der Waals surface area contributed by atoms with Crippen LogP contribution in [0, 0.1) is 23.7 Å². The molecule has 31 heavy (non-hydrogen) atoms. The molecule has 1 amide bonds. The van der Waals surface area contributed by atoms with E-state index in [-0.39, 0.29) is 41.4 Å². The molecule has 8 nitrogen and oxygen atoms in total. The van der Waals surface area contributed by atoms with Crippen molar-refractivity contribution in [2.45, 2.75) is 51.9 Å². The van der Waals surface area contributed by atoms with Gasteiger partial charge in [-0.25, -0.2) is 14.0 Å². The second kappa shape index (κ2) is 9.05. The quantitative estimate of drug-likeness (QED) is 0.669. The molecule has 0 saturated carbocycles. The minimum atomic E-state index is -0.544. The van der Waals surface area contributed by atoms with Crippen LogP contribution in [0.4, 0.5) is 14.9 Å². The zero-order valence-electron chi connectivity index (χ0n) is 17.8. The van der Waals surface area contributed by atoms with Crippen molar-refractivity contribution < 1.29 is 18.7 Å². The monoisotopic (exact) mass is 425 g/mol. The maximum Gasteiger partial charge on any atom is 0.410 e. The summed E-state index contributed by atoms with van der Waals surface area (Å²) in [5.74, 6) is -0.411. The van der Waals surface area contributed by atoms with E-state index < -0.39 is 11.4 Å². The van der Waals surface area contributed by atoms with Crippen molar-refractivity contribution in [1.29, 1.82) is 5.26 Å². The fraction of sp³-hybridized carbons (Fsp3) is 0.455. The Morgan fingerprint density at radius 2 is 2.10 bits per heavy atom. The SMILES string of the molecule is [C-]#[N+]c1cn(C2CCN(C(=O)OC(C)(C)C)CC2)nc1OCc1ccc(C#N)cc1F.